The molecule has 45 heavy (non-hydrogen) atoms. The van der Waals surface area contributed by atoms with Crippen molar-refractivity contribution in [3.05, 3.63) is 119 Å². The van der Waals surface area contributed by atoms with Crippen molar-refractivity contribution in [3.63, 3.8) is 0 Å². The molecule has 0 spiro atoms. The number of nitrogens with zero attached hydrogens (tertiary/aromatic N) is 3. The van der Waals surface area contributed by atoms with E-state index in [2.05, 4.69) is 25.6 Å². The molecule has 4 aromatic rings. The van der Waals surface area contributed by atoms with Crippen molar-refractivity contribution in [3.8, 4) is 0 Å². The van der Waals surface area contributed by atoms with Crippen molar-refractivity contribution in [1.29, 1.82) is 0 Å². The van der Waals surface area contributed by atoms with E-state index in [1.807, 2.05) is 48.5 Å². The average molecular weight is 606 g/mol. The summed E-state index contributed by atoms with van der Waals surface area (Å²) in [5.74, 6) is -0.420. The van der Waals surface area contributed by atoms with Crippen molar-refractivity contribution in [2.75, 3.05) is 73.0 Å². The maximum Gasteiger partial charge on any atom is 0.255 e. The molecule has 10 heteroatoms. The summed E-state index contributed by atoms with van der Waals surface area (Å²) in [7, 11) is 0. The highest BCUT2D eigenvalue weighted by Gasteiger charge is 2.15. The Labute approximate surface area is 261 Å². The number of oxime groups is 1. The highest BCUT2D eigenvalue weighted by Crippen LogP contribution is 2.21. The zero-order valence-corrected chi connectivity index (χ0v) is 24.8. The normalized spacial score (nSPS) is 14.8. The minimum Gasteiger partial charge on any atom is -0.410 e. The van der Waals surface area contributed by atoms with E-state index in [4.69, 9.17) is 9.47 Å². The van der Waals surface area contributed by atoms with Crippen molar-refractivity contribution < 1.29 is 24.3 Å². The van der Waals surface area contributed by atoms with Crippen LogP contribution in [0, 0.1) is 0 Å². The van der Waals surface area contributed by atoms with Gasteiger partial charge in [0.2, 0.25) is 0 Å². The van der Waals surface area contributed by atoms with Gasteiger partial charge in [0.25, 0.3) is 11.8 Å². The molecule has 230 valence electrons. The first-order valence-electron chi connectivity index (χ1n) is 15.0. The number of anilines is 4. The van der Waals surface area contributed by atoms with E-state index in [0.29, 0.717) is 65.8 Å². The van der Waals surface area contributed by atoms with E-state index in [1.54, 1.807) is 48.5 Å². The van der Waals surface area contributed by atoms with E-state index in [9.17, 15) is 14.8 Å². The third-order valence-electron chi connectivity index (χ3n) is 7.94. The lowest BCUT2D eigenvalue weighted by Crippen LogP contribution is -2.36. The molecule has 0 atom stereocenters. The van der Waals surface area contributed by atoms with Crippen LogP contribution in [0.3, 0.4) is 0 Å². The predicted octanol–water partition coefficient (Wildman–Crippen LogP) is 5.09. The van der Waals surface area contributed by atoms with Crippen LogP contribution >= 0.6 is 0 Å². The van der Waals surface area contributed by atoms with Gasteiger partial charge in [-0.1, -0.05) is 29.4 Å². The largest absolute Gasteiger partial charge is 0.410 e. The number of hydrogen-bond acceptors (Lipinski definition) is 8. The summed E-state index contributed by atoms with van der Waals surface area (Å²) < 4.78 is 10.8. The fraction of sp³-hybridized carbons (Fsp3) is 0.229. The second-order valence-electron chi connectivity index (χ2n) is 10.8. The summed E-state index contributed by atoms with van der Waals surface area (Å²) in [6.07, 6.45) is 0. The van der Waals surface area contributed by atoms with Crippen molar-refractivity contribution in [2.45, 2.75) is 0 Å². The third kappa shape index (κ3) is 7.31. The van der Waals surface area contributed by atoms with Gasteiger partial charge in [-0.25, -0.2) is 0 Å². The zero-order chi connectivity index (χ0) is 31.0. The Hall–Kier alpha value is -5.19. The van der Waals surface area contributed by atoms with Gasteiger partial charge in [-0.2, -0.15) is 0 Å². The number of ether oxygens (including phenoxy) is 2. The smallest absolute Gasteiger partial charge is 0.255 e. The van der Waals surface area contributed by atoms with Gasteiger partial charge in [0.15, 0.2) is 0 Å². The van der Waals surface area contributed by atoms with Gasteiger partial charge in [-0.15, -0.1) is 0 Å². The number of morpholine rings is 2. The van der Waals surface area contributed by atoms with Gasteiger partial charge in [0, 0.05) is 71.2 Å². The van der Waals surface area contributed by atoms with Crippen LogP contribution in [0.25, 0.3) is 0 Å². The van der Waals surface area contributed by atoms with E-state index in [1.165, 1.54) is 0 Å². The minimum atomic E-state index is -0.210. The SMILES string of the molecule is O=C(Nc1ccc(C(=NO)c2ccc(NC(=O)c3ccc(N4CCOCC4)cc3)cc2)cc1)c1ccc(N2CCOCC2)cc1. The molecule has 0 unspecified atom stereocenters. The number of benzene rings is 4. The van der Waals surface area contributed by atoms with Crippen LogP contribution in [0.15, 0.2) is 102 Å². The Balaban J connectivity index is 1.04. The molecule has 3 N–H and O–H groups in total. The number of carbonyl (C=O) groups is 2. The van der Waals surface area contributed by atoms with Gasteiger partial charge >= 0.3 is 0 Å². The molecule has 10 nitrogen and oxygen atoms in total. The molecule has 2 aliphatic heterocycles. The monoisotopic (exact) mass is 605 g/mol. The molecule has 0 saturated carbocycles. The van der Waals surface area contributed by atoms with Crippen LogP contribution in [0.1, 0.15) is 31.8 Å². The zero-order valence-electron chi connectivity index (χ0n) is 24.8. The molecule has 2 aliphatic rings. The van der Waals surface area contributed by atoms with Crippen molar-refractivity contribution in [1.82, 2.24) is 0 Å². The fourth-order valence-corrected chi connectivity index (χ4v) is 5.40. The highest BCUT2D eigenvalue weighted by molar-refractivity contribution is 6.13. The maximum atomic E-state index is 12.8. The van der Waals surface area contributed by atoms with E-state index in [0.717, 1.165) is 37.6 Å². The first-order valence-corrected chi connectivity index (χ1v) is 15.0. The molecule has 2 amide bonds. The lowest BCUT2D eigenvalue weighted by Gasteiger charge is -2.28. The summed E-state index contributed by atoms with van der Waals surface area (Å²) in [5.41, 5.74) is 6.20. The van der Waals surface area contributed by atoms with Crippen LogP contribution in [-0.4, -0.2) is 75.3 Å². The maximum absolute atomic E-state index is 12.8. The van der Waals surface area contributed by atoms with Gasteiger partial charge < -0.3 is 35.1 Å². The number of amides is 2. The summed E-state index contributed by atoms with van der Waals surface area (Å²) >= 11 is 0. The van der Waals surface area contributed by atoms with Gasteiger partial charge in [-0.3, -0.25) is 9.59 Å². The number of carbonyl (C=O) groups excluding carboxylic acids is 2. The Bertz CT molecular complexity index is 1510. The first kappa shape index (κ1) is 29.9. The molecular weight excluding hydrogens is 570 g/mol. The van der Waals surface area contributed by atoms with Crippen LogP contribution in [0.4, 0.5) is 22.7 Å². The second kappa shape index (κ2) is 14.1. The predicted molar refractivity (Wildman–Crippen MR) is 175 cm³/mol. The first-order chi connectivity index (χ1) is 22.1. The molecular formula is C35H35N5O5. The third-order valence-corrected chi connectivity index (χ3v) is 7.94. The van der Waals surface area contributed by atoms with Gasteiger partial charge in [-0.05, 0) is 72.8 Å². The Morgan fingerprint density at radius 2 is 0.867 bits per heavy atom. The van der Waals surface area contributed by atoms with Gasteiger partial charge in [0.05, 0.1) is 26.4 Å². The van der Waals surface area contributed by atoms with Crippen LogP contribution in [0.5, 0.6) is 0 Å². The van der Waals surface area contributed by atoms with Crippen LogP contribution in [-0.2, 0) is 9.47 Å². The Morgan fingerprint density at radius 1 is 0.533 bits per heavy atom. The molecule has 0 aliphatic carbocycles. The minimum absolute atomic E-state index is 0.210. The van der Waals surface area contributed by atoms with Crippen LogP contribution in [0.2, 0.25) is 0 Å². The number of nitrogens with one attached hydrogen (secondary N) is 2. The quantitative estimate of drug-likeness (QED) is 0.146. The summed E-state index contributed by atoms with van der Waals surface area (Å²) in [5, 5.41) is 19.2. The number of hydrogen-bond donors (Lipinski definition) is 3. The average Bonchev–Trinajstić information content (AvgIpc) is 3.11. The topological polar surface area (TPSA) is 116 Å². The molecule has 0 radical (unpaired) electrons. The number of rotatable bonds is 8. The molecule has 6 rings (SSSR count). The summed E-state index contributed by atoms with van der Waals surface area (Å²) in [4.78, 5) is 30.1. The molecule has 2 saturated heterocycles. The van der Waals surface area contributed by atoms with Crippen molar-refractivity contribution in [2.24, 2.45) is 5.16 Å². The van der Waals surface area contributed by atoms with Gasteiger partial charge in [0.1, 0.15) is 5.71 Å². The lowest BCUT2D eigenvalue weighted by atomic mass is 10.0. The standard InChI is InChI=1S/C35H35N5O5/c41-34(27-5-13-31(14-6-27)39-17-21-44-22-18-39)36-29-9-1-25(2-10-29)33(38-43)26-3-11-30(12-4-26)37-35(42)28-7-15-32(16-8-28)40-19-23-45-24-20-40/h1-16,43H,17-24H2,(H,36,41)(H,37,42). The summed E-state index contributed by atoms with van der Waals surface area (Å²) in [6.45, 7) is 6.16. The molecule has 0 aromatic heterocycles. The molecule has 2 fully saturated rings. The van der Waals surface area contributed by atoms with E-state index >= 15 is 0 Å². The Morgan fingerprint density at radius 3 is 1.20 bits per heavy atom. The molecule has 0 bridgehead atoms. The molecule has 2 heterocycles. The second-order valence-corrected chi connectivity index (χ2v) is 10.8. The highest BCUT2D eigenvalue weighted by atomic mass is 16.5. The molecule has 4 aromatic carbocycles. The lowest BCUT2D eigenvalue weighted by molar-refractivity contribution is 0.101. The Kier molecular flexibility index (Phi) is 9.33. The fourth-order valence-electron chi connectivity index (χ4n) is 5.40. The van der Waals surface area contributed by atoms with Crippen LogP contribution < -0.4 is 20.4 Å². The summed E-state index contributed by atoms with van der Waals surface area (Å²) in [6, 6.07) is 29.3. The van der Waals surface area contributed by atoms with E-state index < -0.39 is 0 Å². The van der Waals surface area contributed by atoms with Crippen molar-refractivity contribution >= 4 is 40.3 Å². The van der Waals surface area contributed by atoms with E-state index in [-0.39, 0.29) is 11.8 Å².